The Morgan fingerprint density at radius 2 is 0.730 bits per heavy atom. The normalized spacial score (nSPS) is 13.5. The molecule has 0 aromatic carbocycles. The minimum Gasteiger partial charge on any atom is -0.338 e. The van der Waals surface area contributed by atoms with Crippen LogP contribution in [0.4, 0.5) is 0 Å². The molecule has 0 aliphatic carbocycles. The number of hydrogen-bond donors (Lipinski definition) is 0. The van der Waals surface area contributed by atoms with E-state index in [0.29, 0.717) is 33.2 Å². The molecule has 0 saturated heterocycles. The molecular formula is C50H70Br4N2S5Si2. The molecule has 0 aliphatic heterocycles. The van der Waals surface area contributed by atoms with Gasteiger partial charge in [-0.05, 0) is 131 Å². The van der Waals surface area contributed by atoms with Crippen LogP contribution in [0.15, 0.2) is 30.0 Å². The number of rotatable bonds is 20. The summed E-state index contributed by atoms with van der Waals surface area (Å²) < 4.78 is 19.5. The smallest absolute Gasteiger partial charge is 0.107 e. The molecule has 0 saturated carbocycles. The van der Waals surface area contributed by atoms with E-state index in [0.717, 1.165) is 22.0 Å². The molecule has 0 bridgehead atoms. The van der Waals surface area contributed by atoms with Gasteiger partial charge in [0.1, 0.15) is 16.1 Å². The maximum atomic E-state index is 4.30. The number of hydrogen-bond acceptors (Lipinski definition) is 5. The number of fused-ring (bicyclic) bond motifs is 6. The Hall–Kier alpha value is 0.454. The van der Waals surface area contributed by atoms with Crippen molar-refractivity contribution in [1.82, 2.24) is 9.13 Å². The number of aryl methyl sites for hydroxylation is 2. The highest BCUT2D eigenvalue weighted by Crippen LogP contribution is 2.59. The van der Waals surface area contributed by atoms with Gasteiger partial charge in [-0.2, -0.15) is 0 Å². The number of aromatic nitrogens is 2. The lowest BCUT2D eigenvalue weighted by molar-refractivity contribution is 0.602. The van der Waals surface area contributed by atoms with Gasteiger partial charge in [0.05, 0.1) is 78.3 Å². The van der Waals surface area contributed by atoms with Gasteiger partial charge in [-0.3, -0.25) is 0 Å². The van der Waals surface area contributed by atoms with Gasteiger partial charge in [0.2, 0.25) is 0 Å². The maximum Gasteiger partial charge on any atom is 0.107 e. The molecule has 0 aliphatic rings. The first-order valence-electron chi connectivity index (χ1n) is 23.8. The highest BCUT2D eigenvalue weighted by Gasteiger charge is 2.47. The van der Waals surface area contributed by atoms with Crippen LogP contribution in [-0.2, 0) is 13.1 Å². The molecule has 0 fully saturated rings. The lowest BCUT2D eigenvalue weighted by Gasteiger charge is -2.42. The van der Waals surface area contributed by atoms with Crippen LogP contribution in [-0.4, -0.2) is 25.3 Å². The van der Waals surface area contributed by atoms with E-state index in [-0.39, 0.29) is 0 Å². The molecule has 63 heavy (non-hydrogen) atoms. The van der Waals surface area contributed by atoms with Crippen molar-refractivity contribution in [3.8, 4) is 19.5 Å². The highest BCUT2D eigenvalue weighted by atomic mass is 79.9. The Morgan fingerprint density at radius 1 is 0.413 bits per heavy atom. The van der Waals surface area contributed by atoms with Gasteiger partial charge in [-0.25, -0.2) is 0 Å². The van der Waals surface area contributed by atoms with Gasteiger partial charge < -0.3 is 9.13 Å². The summed E-state index contributed by atoms with van der Waals surface area (Å²) in [7, 11) is -3.63. The van der Waals surface area contributed by atoms with Crippen molar-refractivity contribution in [3.63, 3.8) is 0 Å². The quantitative estimate of drug-likeness (QED) is 0.0532. The fourth-order valence-electron chi connectivity index (χ4n) is 12.3. The number of halogens is 4. The molecule has 13 heteroatoms. The van der Waals surface area contributed by atoms with E-state index in [1.807, 2.05) is 34.0 Å². The lowest BCUT2D eigenvalue weighted by Crippen LogP contribution is -2.54. The third-order valence-corrected chi connectivity index (χ3v) is 41.9. The maximum absolute atomic E-state index is 4.30. The van der Waals surface area contributed by atoms with Gasteiger partial charge in [-0.1, -0.05) is 135 Å². The van der Waals surface area contributed by atoms with Crippen LogP contribution >= 0.6 is 120 Å². The predicted octanol–water partition coefficient (Wildman–Crippen LogP) is 21.5. The van der Waals surface area contributed by atoms with Crippen molar-refractivity contribution in [2.24, 2.45) is 0 Å². The number of nitrogens with zero attached hydrogens (tertiary/aromatic N) is 2. The molecule has 0 unspecified atom stereocenters. The lowest BCUT2D eigenvalue weighted by atomic mass is 10.2. The Balaban J connectivity index is 1.41. The molecule has 346 valence electrons. The third kappa shape index (κ3) is 8.44. The molecule has 0 amide bonds. The Labute approximate surface area is 434 Å². The van der Waals surface area contributed by atoms with E-state index >= 15 is 0 Å². The van der Waals surface area contributed by atoms with E-state index in [9.17, 15) is 0 Å². The van der Waals surface area contributed by atoms with Gasteiger partial charge in [0, 0.05) is 13.1 Å². The highest BCUT2D eigenvalue weighted by molar-refractivity contribution is 9.13. The zero-order chi connectivity index (χ0) is 46.0. The SMILES string of the molecule is CCCCCCn1c2cc([Si](C(C)C)(C(C)C)C(C)C)sc2c2sc(-c3sc(-c4sc5c6sc([Si](C(C)C)(C(C)C)C(C)C)cc6n(CCCCCC)c5c4Br)c(Br)c3Br)c(Br)c21. The van der Waals surface area contributed by atoms with Crippen LogP contribution < -0.4 is 9.00 Å². The average Bonchev–Trinajstić information content (AvgIpc) is 4.07. The second-order valence-corrected chi connectivity index (χ2v) is 40.9. The molecule has 0 N–H and O–H groups in total. The molecule has 0 atom stereocenters. The van der Waals surface area contributed by atoms with E-state index < -0.39 is 16.1 Å². The first-order valence-corrected chi connectivity index (χ1v) is 35.5. The molecular weight excluding hydrogens is 1160 g/mol. The fourth-order valence-corrected chi connectivity index (χ4v) is 40.7. The van der Waals surface area contributed by atoms with E-state index in [4.69, 9.17) is 0 Å². The van der Waals surface area contributed by atoms with E-state index in [1.54, 1.807) is 9.00 Å². The zero-order valence-electron chi connectivity index (χ0n) is 40.1. The molecule has 7 heterocycles. The van der Waals surface area contributed by atoms with Gasteiger partial charge in [-0.15, -0.1) is 56.7 Å². The van der Waals surface area contributed by atoms with Gasteiger partial charge in [0.25, 0.3) is 0 Å². The summed E-state index contributed by atoms with van der Waals surface area (Å²) >= 11 is 27.2. The van der Waals surface area contributed by atoms with Crippen LogP contribution in [0, 0.1) is 0 Å². The minimum atomic E-state index is -1.81. The molecule has 7 aromatic rings. The topological polar surface area (TPSA) is 9.86 Å². The van der Waals surface area contributed by atoms with Crippen LogP contribution in [0.25, 0.3) is 60.4 Å². The van der Waals surface area contributed by atoms with Crippen molar-refractivity contribution < 1.29 is 0 Å². The Morgan fingerprint density at radius 3 is 1.03 bits per heavy atom. The fraction of sp³-hybridized carbons (Fsp3) is 0.600. The molecule has 0 spiro atoms. The largest absolute Gasteiger partial charge is 0.338 e. The average molecular weight is 1240 g/mol. The standard InChI is InChI=1S/C50H70Br4N2S5Si2/c1-15-17-19-21-23-55-33-25-35(62(27(3)4,28(5)6)29(7)8)57-43(33)49-41(55)39(53)47(60-49)45-37(51)38(52)46(59-45)48-40(54)42-50(61-48)44-34(56(42)24-22-20-18-16-2)26-36(58-44)63(30(9)10,31(11)12)32(13)14/h25-32H,15-24H2,1-14H3. The second kappa shape index (κ2) is 20.4. The van der Waals surface area contributed by atoms with Gasteiger partial charge >= 0.3 is 0 Å². The predicted molar refractivity (Wildman–Crippen MR) is 313 cm³/mol. The molecule has 0 radical (unpaired) electrons. The Bertz CT molecular complexity index is 2490. The number of unbranched alkanes of at least 4 members (excludes halogenated alkanes) is 6. The summed E-state index contributed by atoms with van der Waals surface area (Å²) in [6, 6.07) is 5.33. The van der Waals surface area contributed by atoms with Crippen LogP contribution in [0.3, 0.4) is 0 Å². The van der Waals surface area contributed by atoms with E-state index in [1.165, 1.54) is 121 Å². The molecule has 2 nitrogen and oxygen atoms in total. The van der Waals surface area contributed by atoms with Crippen LogP contribution in [0.2, 0.25) is 33.2 Å². The van der Waals surface area contributed by atoms with Crippen molar-refractivity contribution in [3.05, 3.63) is 30.0 Å². The van der Waals surface area contributed by atoms with Crippen molar-refractivity contribution in [2.75, 3.05) is 0 Å². The zero-order valence-corrected chi connectivity index (χ0v) is 52.6. The van der Waals surface area contributed by atoms with Crippen LogP contribution in [0.5, 0.6) is 0 Å². The minimum absolute atomic E-state index is 0.687. The second-order valence-electron chi connectivity index (χ2n) is 20.1. The van der Waals surface area contributed by atoms with Crippen molar-refractivity contribution in [1.29, 1.82) is 0 Å². The third-order valence-electron chi connectivity index (χ3n) is 14.9. The first kappa shape index (κ1) is 51.3. The summed E-state index contributed by atoms with van der Waals surface area (Å²) in [6.07, 6.45) is 10.1. The molecule has 7 rings (SSSR count). The van der Waals surface area contributed by atoms with Crippen molar-refractivity contribution in [2.45, 2.75) is 195 Å². The number of thiophene rings is 5. The molecule has 7 aromatic heterocycles. The van der Waals surface area contributed by atoms with Gasteiger partial charge in [0.15, 0.2) is 0 Å². The van der Waals surface area contributed by atoms with Crippen molar-refractivity contribution >= 4 is 186 Å². The summed E-state index contributed by atoms with van der Waals surface area (Å²) in [4.78, 5) is 5.28. The van der Waals surface area contributed by atoms with Crippen LogP contribution in [0.1, 0.15) is 148 Å². The summed E-state index contributed by atoms with van der Waals surface area (Å²) in [5.41, 5.74) is 9.84. The monoisotopic (exact) mass is 1230 g/mol. The Kier molecular flexibility index (Phi) is 16.6. The summed E-state index contributed by atoms with van der Waals surface area (Å²) in [5, 5.41) is 0. The summed E-state index contributed by atoms with van der Waals surface area (Å²) in [5.74, 6) is 0. The summed E-state index contributed by atoms with van der Waals surface area (Å²) in [6.45, 7) is 36.9. The first-order chi connectivity index (χ1) is 29.8. The van der Waals surface area contributed by atoms with E-state index in [2.05, 4.69) is 205 Å².